The molecule has 0 aliphatic carbocycles. The zero-order valence-corrected chi connectivity index (χ0v) is 15.0. The number of amides is 3. The molecular weight excluding hydrogens is 348 g/mol. The molecule has 9 heteroatoms. The smallest absolute Gasteiger partial charge is 0.320 e. The first-order chi connectivity index (χ1) is 13.2. The van der Waals surface area contributed by atoms with Crippen LogP contribution in [0.4, 0.5) is 10.7 Å². The highest BCUT2D eigenvalue weighted by molar-refractivity contribution is 5.91. The molecule has 0 bridgehead atoms. The lowest BCUT2D eigenvalue weighted by Crippen LogP contribution is -2.57. The molecule has 4 rings (SSSR count). The number of hydrogen-bond donors (Lipinski definition) is 0. The van der Waals surface area contributed by atoms with Crippen LogP contribution < -0.4 is 4.90 Å². The van der Waals surface area contributed by atoms with Crippen molar-refractivity contribution < 1.29 is 14.0 Å². The second-order valence-corrected chi connectivity index (χ2v) is 6.56. The molecule has 0 atom stereocenters. The van der Waals surface area contributed by atoms with E-state index in [0.29, 0.717) is 64.1 Å². The predicted molar refractivity (Wildman–Crippen MR) is 97.4 cm³/mol. The molecule has 0 N–H and O–H groups in total. The maximum Gasteiger partial charge on any atom is 0.320 e. The Morgan fingerprint density at radius 3 is 2.00 bits per heavy atom. The summed E-state index contributed by atoms with van der Waals surface area (Å²) in [7, 11) is 0. The molecule has 2 saturated heterocycles. The van der Waals surface area contributed by atoms with E-state index in [0.717, 1.165) is 0 Å². The third kappa shape index (κ3) is 3.71. The predicted octanol–water partition coefficient (Wildman–Crippen LogP) is 0.770. The van der Waals surface area contributed by atoms with Crippen LogP contribution in [0.15, 0.2) is 41.3 Å². The van der Waals surface area contributed by atoms with E-state index in [2.05, 4.69) is 14.9 Å². The van der Waals surface area contributed by atoms with Crippen LogP contribution in [-0.4, -0.2) is 89.0 Å². The van der Waals surface area contributed by atoms with E-state index in [1.165, 1.54) is 6.26 Å². The fraction of sp³-hybridized carbons (Fsp3) is 0.444. The van der Waals surface area contributed by atoms with E-state index in [1.54, 1.807) is 35.5 Å². The van der Waals surface area contributed by atoms with Crippen LogP contribution in [0.1, 0.15) is 10.6 Å². The van der Waals surface area contributed by atoms with Crippen molar-refractivity contribution in [2.24, 2.45) is 0 Å². The Hall–Kier alpha value is -3.10. The fourth-order valence-corrected chi connectivity index (χ4v) is 3.41. The Bertz CT molecular complexity index is 766. The summed E-state index contributed by atoms with van der Waals surface area (Å²) in [5.41, 5.74) is 0. The van der Waals surface area contributed by atoms with Crippen molar-refractivity contribution in [2.45, 2.75) is 0 Å². The lowest BCUT2D eigenvalue weighted by Gasteiger charge is -2.40. The van der Waals surface area contributed by atoms with E-state index in [4.69, 9.17) is 4.42 Å². The van der Waals surface area contributed by atoms with Gasteiger partial charge in [-0.3, -0.25) is 4.79 Å². The monoisotopic (exact) mass is 370 g/mol. The third-order valence-corrected chi connectivity index (χ3v) is 4.95. The largest absolute Gasteiger partial charge is 0.459 e. The molecule has 2 aromatic rings. The molecule has 9 nitrogen and oxygen atoms in total. The molecule has 3 amide bonds. The summed E-state index contributed by atoms with van der Waals surface area (Å²) in [6, 6.07) is 5.19. The lowest BCUT2D eigenvalue weighted by atomic mass is 10.2. The molecule has 2 fully saturated rings. The normalized spacial score (nSPS) is 17.9. The van der Waals surface area contributed by atoms with E-state index < -0.39 is 0 Å². The number of anilines is 1. The van der Waals surface area contributed by atoms with Gasteiger partial charge in [-0.05, 0) is 18.2 Å². The molecule has 4 heterocycles. The van der Waals surface area contributed by atoms with Crippen molar-refractivity contribution in [1.82, 2.24) is 24.7 Å². The first kappa shape index (κ1) is 17.3. The maximum absolute atomic E-state index is 12.8. The van der Waals surface area contributed by atoms with Crippen molar-refractivity contribution in [3.05, 3.63) is 42.6 Å². The molecule has 142 valence electrons. The number of carbonyl (C=O) groups is 2. The summed E-state index contributed by atoms with van der Waals surface area (Å²) in [6.45, 7) is 4.82. The van der Waals surface area contributed by atoms with Gasteiger partial charge in [0.2, 0.25) is 5.95 Å². The maximum atomic E-state index is 12.8. The highest BCUT2D eigenvalue weighted by atomic mass is 16.3. The van der Waals surface area contributed by atoms with E-state index in [-0.39, 0.29) is 11.9 Å². The number of piperazine rings is 2. The number of rotatable bonds is 2. The number of carbonyl (C=O) groups excluding carboxylic acids is 2. The fourth-order valence-electron chi connectivity index (χ4n) is 3.41. The molecule has 0 unspecified atom stereocenters. The van der Waals surface area contributed by atoms with Crippen molar-refractivity contribution >= 4 is 17.9 Å². The van der Waals surface area contributed by atoms with Crippen LogP contribution in [0, 0.1) is 0 Å². The minimum atomic E-state index is -0.122. The molecule has 2 aliphatic rings. The highest BCUT2D eigenvalue weighted by Crippen LogP contribution is 2.14. The first-order valence-corrected chi connectivity index (χ1v) is 9.11. The highest BCUT2D eigenvalue weighted by Gasteiger charge is 2.30. The molecule has 27 heavy (non-hydrogen) atoms. The van der Waals surface area contributed by atoms with Gasteiger partial charge in [0.15, 0.2) is 5.76 Å². The Morgan fingerprint density at radius 2 is 1.41 bits per heavy atom. The Morgan fingerprint density at radius 1 is 0.815 bits per heavy atom. The van der Waals surface area contributed by atoms with Gasteiger partial charge in [0, 0.05) is 64.8 Å². The van der Waals surface area contributed by atoms with E-state index >= 15 is 0 Å². The van der Waals surface area contributed by atoms with Crippen molar-refractivity contribution in [3.8, 4) is 0 Å². The molecule has 0 saturated carbocycles. The summed E-state index contributed by atoms with van der Waals surface area (Å²) in [5.74, 6) is 0.923. The molecule has 2 aliphatic heterocycles. The average Bonchev–Trinajstić information content (AvgIpc) is 3.28. The van der Waals surface area contributed by atoms with Gasteiger partial charge in [-0.1, -0.05) is 0 Å². The van der Waals surface area contributed by atoms with Crippen molar-refractivity contribution in [1.29, 1.82) is 0 Å². The van der Waals surface area contributed by atoms with E-state index in [9.17, 15) is 9.59 Å². The van der Waals surface area contributed by atoms with E-state index in [1.807, 2.05) is 9.80 Å². The Labute approximate surface area is 157 Å². The first-order valence-electron chi connectivity index (χ1n) is 9.11. The molecule has 0 aromatic carbocycles. The SMILES string of the molecule is O=C(c1ccco1)N1CCN(C(=O)N2CCN(c3ncccn3)CC2)CC1. The molecule has 0 radical (unpaired) electrons. The lowest BCUT2D eigenvalue weighted by molar-refractivity contribution is 0.0608. The minimum Gasteiger partial charge on any atom is -0.459 e. The van der Waals surface area contributed by atoms with Crippen LogP contribution in [0.5, 0.6) is 0 Å². The van der Waals surface area contributed by atoms with Gasteiger partial charge in [0.1, 0.15) is 0 Å². The van der Waals surface area contributed by atoms with Crippen LogP contribution in [0.25, 0.3) is 0 Å². The van der Waals surface area contributed by atoms with Crippen LogP contribution in [0.2, 0.25) is 0 Å². The van der Waals surface area contributed by atoms with Gasteiger partial charge in [-0.15, -0.1) is 0 Å². The van der Waals surface area contributed by atoms with Crippen LogP contribution in [0.3, 0.4) is 0 Å². The van der Waals surface area contributed by atoms with Gasteiger partial charge in [-0.25, -0.2) is 14.8 Å². The number of aromatic nitrogens is 2. The summed E-state index contributed by atoms with van der Waals surface area (Å²) in [5, 5.41) is 0. The Kier molecular flexibility index (Phi) is 4.91. The quantitative estimate of drug-likeness (QED) is 0.776. The van der Waals surface area contributed by atoms with Crippen molar-refractivity contribution in [2.75, 3.05) is 57.3 Å². The Balaban J connectivity index is 1.27. The van der Waals surface area contributed by atoms with Crippen molar-refractivity contribution in [3.63, 3.8) is 0 Å². The summed E-state index contributed by atoms with van der Waals surface area (Å²) in [6.07, 6.45) is 4.94. The zero-order valence-electron chi connectivity index (χ0n) is 15.0. The van der Waals surface area contributed by atoms with Crippen LogP contribution >= 0.6 is 0 Å². The summed E-state index contributed by atoms with van der Waals surface area (Å²) < 4.78 is 5.17. The standard InChI is InChI=1S/C18H22N6O3/c25-16(15-3-1-14-27-15)21-6-10-23(11-7-21)18(26)24-12-8-22(9-13-24)17-19-4-2-5-20-17/h1-5,14H,6-13H2. The molecular formula is C18H22N6O3. The van der Waals surface area contributed by atoms with Gasteiger partial charge in [0.05, 0.1) is 6.26 Å². The average molecular weight is 370 g/mol. The molecule has 2 aromatic heterocycles. The van der Waals surface area contributed by atoms with Gasteiger partial charge in [0.25, 0.3) is 5.91 Å². The number of urea groups is 1. The van der Waals surface area contributed by atoms with Gasteiger partial charge in [-0.2, -0.15) is 0 Å². The van der Waals surface area contributed by atoms with Gasteiger partial charge >= 0.3 is 6.03 Å². The number of hydrogen-bond acceptors (Lipinski definition) is 6. The summed E-state index contributed by atoms with van der Waals surface area (Å²) >= 11 is 0. The van der Waals surface area contributed by atoms with Gasteiger partial charge < -0.3 is 24.0 Å². The second-order valence-electron chi connectivity index (χ2n) is 6.56. The molecule has 0 spiro atoms. The zero-order chi connectivity index (χ0) is 18.6. The topological polar surface area (TPSA) is 86.0 Å². The number of furan rings is 1. The third-order valence-electron chi connectivity index (χ3n) is 4.95. The minimum absolute atomic E-state index is 0.0359. The summed E-state index contributed by atoms with van der Waals surface area (Å²) in [4.78, 5) is 41.1. The number of nitrogens with zero attached hydrogens (tertiary/aromatic N) is 6. The van der Waals surface area contributed by atoms with Crippen LogP contribution in [-0.2, 0) is 0 Å². The second kappa shape index (κ2) is 7.65.